The number of carbonyl (C=O) groups excluding carboxylic acids is 3. The van der Waals surface area contributed by atoms with Crippen LogP contribution in [-0.2, 0) is 4.79 Å². The first-order valence-electron chi connectivity index (χ1n) is 9.01. The van der Waals surface area contributed by atoms with Crippen LogP contribution >= 0.6 is 0 Å². The molecule has 140 valence electrons. The van der Waals surface area contributed by atoms with Gasteiger partial charge in [-0.3, -0.25) is 14.4 Å². The first kappa shape index (κ1) is 18.6. The Hall–Kier alpha value is -3.15. The molecule has 1 aliphatic rings. The monoisotopic (exact) mass is 365 g/mol. The van der Waals surface area contributed by atoms with Gasteiger partial charge in [0.1, 0.15) is 6.04 Å². The molecule has 6 nitrogen and oxygen atoms in total. The molecule has 1 saturated carbocycles. The summed E-state index contributed by atoms with van der Waals surface area (Å²) in [7, 11) is 0. The lowest BCUT2D eigenvalue weighted by atomic mass is 10.1. The number of anilines is 2. The summed E-state index contributed by atoms with van der Waals surface area (Å²) in [4.78, 5) is 35.8. The first-order chi connectivity index (χ1) is 12.9. The molecule has 1 fully saturated rings. The number of benzene rings is 2. The molecular formula is C21H23N3O3. The van der Waals surface area contributed by atoms with Gasteiger partial charge in [0.15, 0.2) is 5.78 Å². The maximum absolute atomic E-state index is 12.4. The number of amides is 2. The molecule has 2 amide bonds. The highest BCUT2D eigenvalue weighted by Crippen LogP contribution is 2.20. The number of rotatable bonds is 7. The van der Waals surface area contributed by atoms with Crippen LogP contribution in [0.15, 0.2) is 48.5 Å². The highest BCUT2D eigenvalue weighted by molar-refractivity contribution is 5.99. The molecule has 2 aromatic rings. The van der Waals surface area contributed by atoms with Gasteiger partial charge in [0.25, 0.3) is 5.91 Å². The fourth-order valence-electron chi connectivity index (χ4n) is 2.60. The largest absolute Gasteiger partial charge is 0.374 e. The average Bonchev–Trinajstić information content (AvgIpc) is 3.46. The van der Waals surface area contributed by atoms with Crippen LogP contribution in [0.2, 0.25) is 0 Å². The van der Waals surface area contributed by atoms with Crippen molar-refractivity contribution in [2.75, 3.05) is 10.6 Å². The van der Waals surface area contributed by atoms with E-state index in [4.69, 9.17) is 0 Å². The molecule has 0 saturated heterocycles. The molecule has 1 aliphatic carbocycles. The Bertz CT molecular complexity index is 857. The number of hydrogen-bond donors (Lipinski definition) is 3. The van der Waals surface area contributed by atoms with Gasteiger partial charge in [-0.05, 0) is 63.1 Å². The quantitative estimate of drug-likeness (QED) is 0.658. The third-order valence-corrected chi connectivity index (χ3v) is 4.37. The van der Waals surface area contributed by atoms with Gasteiger partial charge in [0.05, 0.1) is 0 Å². The minimum Gasteiger partial charge on any atom is -0.374 e. The van der Waals surface area contributed by atoms with Crippen molar-refractivity contribution in [1.29, 1.82) is 0 Å². The number of ketones is 1. The van der Waals surface area contributed by atoms with Crippen molar-refractivity contribution < 1.29 is 14.4 Å². The molecule has 0 aromatic heterocycles. The molecule has 0 heterocycles. The van der Waals surface area contributed by atoms with Crippen LogP contribution in [0.1, 0.15) is 47.4 Å². The van der Waals surface area contributed by atoms with Crippen molar-refractivity contribution >= 4 is 29.0 Å². The topological polar surface area (TPSA) is 87.3 Å². The summed E-state index contributed by atoms with van der Waals surface area (Å²) >= 11 is 0. The fraction of sp³-hybridized carbons (Fsp3) is 0.286. The van der Waals surface area contributed by atoms with Crippen LogP contribution in [0, 0.1) is 0 Å². The number of nitrogens with one attached hydrogen (secondary N) is 3. The zero-order chi connectivity index (χ0) is 19.4. The van der Waals surface area contributed by atoms with Crippen molar-refractivity contribution in [2.24, 2.45) is 0 Å². The summed E-state index contributed by atoms with van der Waals surface area (Å²) in [6.45, 7) is 3.23. The first-order valence-corrected chi connectivity index (χ1v) is 9.01. The molecule has 1 atom stereocenters. The van der Waals surface area contributed by atoms with E-state index in [2.05, 4.69) is 16.0 Å². The summed E-state index contributed by atoms with van der Waals surface area (Å²) in [5.41, 5.74) is 2.48. The van der Waals surface area contributed by atoms with Gasteiger partial charge < -0.3 is 16.0 Å². The second-order valence-corrected chi connectivity index (χ2v) is 6.82. The van der Waals surface area contributed by atoms with Crippen molar-refractivity contribution in [3.63, 3.8) is 0 Å². The van der Waals surface area contributed by atoms with Crippen LogP contribution in [0.3, 0.4) is 0 Å². The Morgan fingerprint density at radius 3 is 2.30 bits per heavy atom. The van der Waals surface area contributed by atoms with E-state index in [9.17, 15) is 14.4 Å². The summed E-state index contributed by atoms with van der Waals surface area (Å²) in [6.07, 6.45) is 2.10. The summed E-state index contributed by atoms with van der Waals surface area (Å²) in [5, 5.41) is 8.85. The van der Waals surface area contributed by atoms with E-state index >= 15 is 0 Å². The molecule has 0 radical (unpaired) electrons. The normalized spacial score (nSPS) is 14.1. The Morgan fingerprint density at radius 1 is 0.963 bits per heavy atom. The maximum atomic E-state index is 12.4. The van der Waals surface area contributed by atoms with Crippen molar-refractivity contribution in [1.82, 2.24) is 5.32 Å². The molecule has 2 aromatic carbocycles. The number of hydrogen-bond acceptors (Lipinski definition) is 4. The summed E-state index contributed by atoms with van der Waals surface area (Å²) < 4.78 is 0. The van der Waals surface area contributed by atoms with Gasteiger partial charge in [-0.1, -0.05) is 12.1 Å². The lowest BCUT2D eigenvalue weighted by molar-refractivity contribution is -0.116. The Balaban J connectivity index is 1.56. The molecule has 3 N–H and O–H groups in total. The van der Waals surface area contributed by atoms with Crippen LogP contribution in [0.25, 0.3) is 0 Å². The molecule has 6 heteroatoms. The predicted molar refractivity (Wildman–Crippen MR) is 105 cm³/mol. The highest BCUT2D eigenvalue weighted by atomic mass is 16.2. The van der Waals surface area contributed by atoms with E-state index in [1.165, 1.54) is 6.92 Å². The van der Waals surface area contributed by atoms with Gasteiger partial charge in [0.2, 0.25) is 5.91 Å². The maximum Gasteiger partial charge on any atom is 0.251 e. The van der Waals surface area contributed by atoms with E-state index in [0.29, 0.717) is 22.9 Å². The second kappa shape index (κ2) is 8.03. The summed E-state index contributed by atoms with van der Waals surface area (Å²) in [6, 6.07) is 13.7. The van der Waals surface area contributed by atoms with E-state index in [-0.39, 0.29) is 17.6 Å². The van der Waals surface area contributed by atoms with E-state index in [1.54, 1.807) is 55.5 Å². The lowest BCUT2D eigenvalue weighted by Crippen LogP contribution is -2.32. The van der Waals surface area contributed by atoms with Gasteiger partial charge in [0, 0.05) is 28.5 Å². The van der Waals surface area contributed by atoms with Gasteiger partial charge >= 0.3 is 0 Å². The average molecular weight is 365 g/mol. The Labute approximate surface area is 158 Å². The molecule has 0 aliphatic heterocycles. The molecule has 0 spiro atoms. The van der Waals surface area contributed by atoms with Gasteiger partial charge in [-0.2, -0.15) is 0 Å². The van der Waals surface area contributed by atoms with Crippen LogP contribution in [-0.4, -0.2) is 29.7 Å². The third-order valence-electron chi connectivity index (χ3n) is 4.37. The van der Waals surface area contributed by atoms with E-state index in [1.807, 2.05) is 0 Å². The smallest absolute Gasteiger partial charge is 0.251 e. The zero-order valence-electron chi connectivity index (χ0n) is 15.4. The standard InChI is InChI=1S/C21H23N3O3/c1-13(20(26)24-19-5-3-4-16(12-19)14(2)25)22-17-8-6-15(7-9-17)21(27)23-18-10-11-18/h3-9,12-13,18,22H,10-11H2,1-2H3,(H,23,27)(H,24,26). The number of Topliss-reactive ketones (excluding diaryl/α,β-unsaturated/α-hetero) is 1. The van der Waals surface area contributed by atoms with Gasteiger partial charge in [-0.15, -0.1) is 0 Å². The second-order valence-electron chi connectivity index (χ2n) is 6.82. The van der Waals surface area contributed by atoms with Gasteiger partial charge in [-0.25, -0.2) is 0 Å². The summed E-state index contributed by atoms with van der Waals surface area (Å²) in [5.74, 6) is -0.338. The molecule has 27 heavy (non-hydrogen) atoms. The SMILES string of the molecule is CC(=O)c1cccc(NC(=O)C(C)Nc2ccc(C(=O)NC3CC3)cc2)c1. The minimum atomic E-state index is -0.489. The Morgan fingerprint density at radius 2 is 1.67 bits per heavy atom. The van der Waals surface area contributed by atoms with E-state index < -0.39 is 6.04 Å². The lowest BCUT2D eigenvalue weighted by Gasteiger charge is -2.16. The van der Waals surface area contributed by atoms with Crippen LogP contribution in [0.4, 0.5) is 11.4 Å². The van der Waals surface area contributed by atoms with Crippen LogP contribution in [0.5, 0.6) is 0 Å². The Kier molecular flexibility index (Phi) is 5.54. The highest BCUT2D eigenvalue weighted by Gasteiger charge is 2.23. The third kappa shape index (κ3) is 5.17. The van der Waals surface area contributed by atoms with Crippen molar-refractivity contribution in [2.45, 2.75) is 38.8 Å². The molecule has 0 bridgehead atoms. The van der Waals surface area contributed by atoms with E-state index in [0.717, 1.165) is 18.5 Å². The van der Waals surface area contributed by atoms with Crippen molar-refractivity contribution in [3.05, 3.63) is 59.7 Å². The predicted octanol–water partition coefficient (Wildman–Crippen LogP) is 3.22. The zero-order valence-corrected chi connectivity index (χ0v) is 15.4. The molecular weight excluding hydrogens is 342 g/mol. The van der Waals surface area contributed by atoms with Crippen molar-refractivity contribution in [3.8, 4) is 0 Å². The van der Waals surface area contributed by atoms with Crippen LogP contribution < -0.4 is 16.0 Å². The molecule has 3 rings (SSSR count). The number of carbonyl (C=O) groups is 3. The fourth-order valence-corrected chi connectivity index (χ4v) is 2.60. The molecule has 1 unspecified atom stereocenters. The minimum absolute atomic E-state index is 0.0527.